The minimum Gasteiger partial charge on any atom is -0.456 e. The van der Waals surface area contributed by atoms with Crippen molar-refractivity contribution >= 4 is 43.5 Å². The van der Waals surface area contributed by atoms with Gasteiger partial charge in [0.1, 0.15) is 11.2 Å². The van der Waals surface area contributed by atoms with E-state index in [2.05, 4.69) is 140 Å². The summed E-state index contributed by atoms with van der Waals surface area (Å²) in [5.74, 6) is 1.83. The molecule has 0 amide bonds. The first-order valence-electron chi connectivity index (χ1n) is 17.1. The van der Waals surface area contributed by atoms with Gasteiger partial charge in [-0.1, -0.05) is 146 Å². The Balaban J connectivity index is 1.13. The third kappa shape index (κ3) is 5.22. The number of hydrogen-bond acceptors (Lipinski definition) is 4. The van der Waals surface area contributed by atoms with Crippen molar-refractivity contribution in [2.45, 2.75) is 0 Å². The number of fused-ring (bicyclic) bond motifs is 5. The Morgan fingerprint density at radius 1 is 0.314 bits per heavy atom. The number of rotatable bonds is 5. The van der Waals surface area contributed by atoms with Crippen LogP contribution >= 0.6 is 0 Å². The van der Waals surface area contributed by atoms with Crippen molar-refractivity contribution in [3.63, 3.8) is 0 Å². The molecule has 0 fully saturated rings. The average molecular weight is 652 g/mol. The maximum atomic E-state index is 6.25. The highest BCUT2D eigenvalue weighted by molar-refractivity contribution is 6.11. The van der Waals surface area contributed by atoms with Gasteiger partial charge in [0.2, 0.25) is 0 Å². The molecule has 0 unspecified atom stereocenters. The highest BCUT2D eigenvalue weighted by atomic mass is 16.3. The fraction of sp³-hybridized carbons (Fsp3) is 0. The standard InChI is InChI=1S/C47H29N3O/c1-2-9-30(10-3-1)32-17-22-34(23-18-32)45-48-46(50-47(49-45)41-14-8-16-43-44(41)40-13-6-7-15-42(40)51-43)38-26-21-33-20-25-37(28-39(33)29-38)36-24-19-31-11-4-5-12-35(31)27-36/h1-29H. The van der Waals surface area contributed by atoms with Crippen LogP contribution in [-0.4, -0.2) is 15.0 Å². The van der Waals surface area contributed by atoms with Crippen LogP contribution in [0.4, 0.5) is 0 Å². The number of para-hydroxylation sites is 1. The van der Waals surface area contributed by atoms with Crippen LogP contribution in [-0.2, 0) is 0 Å². The van der Waals surface area contributed by atoms with Gasteiger partial charge < -0.3 is 4.42 Å². The topological polar surface area (TPSA) is 51.8 Å². The van der Waals surface area contributed by atoms with Gasteiger partial charge >= 0.3 is 0 Å². The fourth-order valence-electron chi connectivity index (χ4n) is 7.09. The summed E-state index contributed by atoms with van der Waals surface area (Å²) in [6, 6.07) is 61.2. The van der Waals surface area contributed by atoms with E-state index in [9.17, 15) is 0 Å². The predicted octanol–water partition coefficient (Wildman–Crippen LogP) is 12.4. The Kier molecular flexibility index (Phi) is 6.78. The van der Waals surface area contributed by atoms with Gasteiger partial charge in [-0.05, 0) is 74.1 Å². The van der Waals surface area contributed by atoms with Crippen molar-refractivity contribution < 1.29 is 4.42 Å². The second-order valence-corrected chi connectivity index (χ2v) is 12.9. The molecule has 2 aromatic heterocycles. The molecule has 0 saturated heterocycles. The molecule has 51 heavy (non-hydrogen) atoms. The lowest BCUT2D eigenvalue weighted by atomic mass is 9.97. The molecule has 0 N–H and O–H groups in total. The summed E-state index contributed by atoms with van der Waals surface area (Å²) in [5, 5.41) is 6.77. The third-order valence-electron chi connectivity index (χ3n) is 9.71. The molecule has 4 heteroatoms. The second kappa shape index (κ2) is 11.9. The van der Waals surface area contributed by atoms with E-state index >= 15 is 0 Å². The number of aromatic nitrogens is 3. The first-order valence-corrected chi connectivity index (χ1v) is 17.1. The number of hydrogen-bond donors (Lipinski definition) is 0. The van der Waals surface area contributed by atoms with Crippen molar-refractivity contribution in [1.82, 2.24) is 15.0 Å². The molecule has 0 bridgehead atoms. The van der Waals surface area contributed by atoms with E-state index in [1.807, 2.05) is 36.4 Å². The van der Waals surface area contributed by atoms with Gasteiger partial charge in [-0.15, -0.1) is 0 Å². The number of nitrogens with zero attached hydrogens (tertiary/aromatic N) is 3. The van der Waals surface area contributed by atoms with Gasteiger partial charge in [0.25, 0.3) is 0 Å². The van der Waals surface area contributed by atoms with Crippen LogP contribution in [0.2, 0.25) is 0 Å². The molecule has 0 saturated carbocycles. The summed E-state index contributed by atoms with van der Waals surface area (Å²) >= 11 is 0. The quantitative estimate of drug-likeness (QED) is 0.186. The monoisotopic (exact) mass is 651 g/mol. The molecule has 0 radical (unpaired) electrons. The lowest BCUT2D eigenvalue weighted by Crippen LogP contribution is -2.00. The van der Waals surface area contributed by atoms with Gasteiger partial charge in [0, 0.05) is 27.5 Å². The molecule has 0 aliphatic heterocycles. The molecular weight excluding hydrogens is 623 g/mol. The first kappa shape index (κ1) is 29.0. The van der Waals surface area contributed by atoms with Crippen molar-refractivity contribution in [3.05, 3.63) is 176 Å². The van der Waals surface area contributed by atoms with Gasteiger partial charge in [-0.25, -0.2) is 15.0 Å². The van der Waals surface area contributed by atoms with Gasteiger partial charge in [0.05, 0.1) is 0 Å². The zero-order valence-corrected chi connectivity index (χ0v) is 27.5. The lowest BCUT2D eigenvalue weighted by Gasteiger charge is -2.11. The summed E-state index contributed by atoms with van der Waals surface area (Å²) in [4.78, 5) is 15.4. The zero-order valence-electron chi connectivity index (χ0n) is 27.5. The summed E-state index contributed by atoms with van der Waals surface area (Å²) in [6.07, 6.45) is 0. The normalized spacial score (nSPS) is 11.5. The fourth-order valence-corrected chi connectivity index (χ4v) is 7.09. The molecular formula is C47H29N3O. The van der Waals surface area contributed by atoms with E-state index in [0.29, 0.717) is 17.5 Å². The minimum absolute atomic E-state index is 0.601. The molecule has 0 aliphatic carbocycles. The Bertz CT molecular complexity index is 2910. The van der Waals surface area contributed by atoms with Gasteiger partial charge in [0.15, 0.2) is 17.5 Å². The Hall–Kier alpha value is -6.91. The van der Waals surface area contributed by atoms with Crippen molar-refractivity contribution in [3.8, 4) is 56.4 Å². The van der Waals surface area contributed by atoms with Gasteiger partial charge in [-0.2, -0.15) is 0 Å². The van der Waals surface area contributed by atoms with E-state index in [1.54, 1.807) is 0 Å². The molecule has 8 aromatic carbocycles. The van der Waals surface area contributed by atoms with Crippen LogP contribution in [0, 0.1) is 0 Å². The molecule has 10 aromatic rings. The van der Waals surface area contributed by atoms with E-state index < -0.39 is 0 Å². The smallest absolute Gasteiger partial charge is 0.164 e. The maximum Gasteiger partial charge on any atom is 0.164 e. The van der Waals surface area contributed by atoms with Crippen LogP contribution < -0.4 is 0 Å². The highest BCUT2D eigenvalue weighted by Crippen LogP contribution is 2.37. The van der Waals surface area contributed by atoms with Crippen molar-refractivity contribution in [2.75, 3.05) is 0 Å². The number of benzene rings is 8. The van der Waals surface area contributed by atoms with E-state index in [4.69, 9.17) is 19.4 Å². The average Bonchev–Trinajstić information content (AvgIpc) is 3.59. The summed E-state index contributed by atoms with van der Waals surface area (Å²) in [6.45, 7) is 0. The maximum absolute atomic E-state index is 6.25. The van der Waals surface area contributed by atoms with Crippen LogP contribution in [0.3, 0.4) is 0 Å². The Labute approximate surface area is 294 Å². The van der Waals surface area contributed by atoms with E-state index in [0.717, 1.165) is 55.0 Å². The molecule has 0 aliphatic rings. The van der Waals surface area contributed by atoms with Crippen LogP contribution in [0.5, 0.6) is 0 Å². The molecule has 0 spiro atoms. The van der Waals surface area contributed by atoms with Crippen molar-refractivity contribution in [1.29, 1.82) is 0 Å². The summed E-state index contributed by atoms with van der Waals surface area (Å²) in [5.41, 5.74) is 9.04. The highest BCUT2D eigenvalue weighted by Gasteiger charge is 2.18. The molecule has 10 rings (SSSR count). The van der Waals surface area contributed by atoms with E-state index in [1.165, 1.54) is 27.5 Å². The molecule has 2 heterocycles. The Morgan fingerprint density at radius 2 is 0.843 bits per heavy atom. The SMILES string of the molecule is c1ccc(-c2ccc(-c3nc(-c4ccc5ccc(-c6ccc7ccccc7c6)cc5c4)nc(-c4cccc5oc6ccccc6c45)n3)cc2)cc1. The summed E-state index contributed by atoms with van der Waals surface area (Å²) < 4.78 is 6.25. The molecule has 0 atom stereocenters. The number of furan rings is 1. The molecule has 4 nitrogen and oxygen atoms in total. The van der Waals surface area contributed by atoms with Gasteiger partial charge in [-0.3, -0.25) is 0 Å². The van der Waals surface area contributed by atoms with Crippen LogP contribution in [0.25, 0.3) is 99.9 Å². The largest absolute Gasteiger partial charge is 0.456 e. The first-order chi connectivity index (χ1) is 25.2. The minimum atomic E-state index is 0.601. The Morgan fingerprint density at radius 3 is 1.65 bits per heavy atom. The third-order valence-corrected chi connectivity index (χ3v) is 9.71. The predicted molar refractivity (Wildman–Crippen MR) is 209 cm³/mol. The van der Waals surface area contributed by atoms with Crippen molar-refractivity contribution in [2.24, 2.45) is 0 Å². The van der Waals surface area contributed by atoms with E-state index in [-0.39, 0.29) is 0 Å². The second-order valence-electron chi connectivity index (χ2n) is 12.9. The van der Waals surface area contributed by atoms with Crippen LogP contribution in [0.1, 0.15) is 0 Å². The lowest BCUT2D eigenvalue weighted by molar-refractivity contribution is 0.669. The molecule has 238 valence electrons. The summed E-state index contributed by atoms with van der Waals surface area (Å²) in [7, 11) is 0. The van der Waals surface area contributed by atoms with Crippen LogP contribution in [0.15, 0.2) is 180 Å². The zero-order chi connectivity index (χ0) is 33.7.